The van der Waals surface area contributed by atoms with Gasteiger partial charge < -0.3 is 5.11 Å². The van der Waals surface area contributed by atoms with Crippen molar-refractivity contribution in [3.63, 3.8) is 0 Å². The highest BCUT2D eigenvalue weighted by atomic mass is 35.5. The Morgan fingerprint density at radius 2 is 2.00 bits per heavy atom. The number of rotatable bonds is 4. The molecule has 16 heavy (non-hydrogen) atoms. The zero-order valence-electron chi connectivity index (χ0n) is 8.77. The average Bonchev–Trinajstić information content (AvgIpc) is 2.74. The molecule has 0 aliphatic rings. The zero-order valence-corrected chi connectivity index (χ0v) is 10.3. The minimum Gasteiger partial charge on any atom is -0.392 e. The summed E-state index contributed by atoms with van der Waals surface area (Å²) in [6.45, 7) is 0. The standard InChI is InChI=1S/C13H13ClOS/c14-13-4-2-1-3-11(13)8-12(15)7-10-5-6-16-9-10/h1-6,9,12,15H,7-8H2. The molecule has 1 atom stereocenters. The molecule has 0 amide bonds. The van der Waals surface area contributed by atoms with Crippen LogP contribution in [0.15, 0.2) is 41.1 Å². The maximum Gasteiger partial charge on any atom is 0.0621 e. The number of aliphatic hydroxyl groups excluding tert-OH is 1. The van der Waals surface area contributed by atoms with Gasteiger partial charge in [0.25, 0.3) is 0 Å². The second-order valence-electron chi connectivity index (χ2n) is 3.79. The van der Waals surface area contributed by atoms with Crippen LogP contribution in [0, 0.1) is 0 Å². The summed E-state index contributed by atoms with van der Waals surface area (Å²) in [7, 11) is 0. The summed E-state index contributed by atoms with van der Waals surface area (Å²) >= 11 is 7.69. The smallest absolute Gasteiger partial charge is 0.0621 e. The minimum atomic E-state index is -0.366. The molecule has 0 saturated heterocycles. The van der Waals surface area contributed by atoms with Crippen LogP contribution in [0.4, 0.5) is 0 Å². The van der Waals surface area contributed by atoms with Crippen LogP contribution in [-0.2, 0) is 12.8 Å². The van der Waals surface area contributed by atoms with Gasteiger partial charge in [-0.15, -0.1) is 0 Å². The molecule has 2 rings (SSSR count). The molecule has 0 spiro atoms. The van der Waals surface area contributed by atoms with Gasteiger partial charge in [0.05, 0.1) is 6.10 Å². The Bertz CT molecular complexity index is 439. The van der Waals surface area contributed by atoms with E-state index < -0.39 is 0 Å². The van der Waals surface area contributed by atoms with Crippen LogP contribution in [-0.4, -0.2) is 11.2 Å². The predicted molar refractivity (Wildman–Crippen MR) is 69.2 cm³/mol. The van der Waals surface area contributed by atoms with E-state index in [1.54, 1.807) is 11.3 Å². The molecule has 1 heterocycles. The van der Waals surface area contributed by atoms with Crippen LogP contribution >= 0.6 is 22.9 Å². The number of halogens is 1. The van der Waals surface area contributed by atoms with E-state index >= 15 is 0 Å². The van der Waals surface area contributed by atoms with Crippen molar-refractivity contribution in [3.8, 4) is 0 Å². The van der Waals surface area contributed by atoms with Crippen molar-refractivity contribution in [1.82, 2.24) is 0 Å². The number of thiophene rings is 1. The molecular formula is C13H13ClOS. The molecule has 0 radical (unpaired) electrons. The lowest BCUT2D eigenvalue weighted by molar-refractivity contribution is 0.175. The van der Waals surface area contributed by atoms with Crippen LogP contribution in [0.1, 0.15) is 11.1 Å². The Morgan fingerprint density at radius 1 is 1.19 bits per heavy atom. The van der Waals surface area contributed by atoms with E-state index in [9.17, 15) is 5.11 Å². The highest BCUT2D eigenvalue weighted by Gasteiger charge is 2.09. The van der Waals surface area contributed by atoms with Gasteiger partial charge in [-0.3, -0.25) is 0 Å². The first-order valence-corrected chi connectivity index (χ1v) is 6.50. The van der Waals surface area contributed by atoms with Crippen molar-refractivity contribution >= 4 is 22.9 Å². The van der Waals surface area contributed by atoms with E-state index in [1.165, 1.54) is 5.56 Å². The van der Waals surface area contributed by atoms with E-state index in [2.05, 4.69) is 5.38 Å². The maximum atomic E-state index is 9.94. The average molecular weight is 253 g/mol. The highest BCUT2D eigenvalue weighted by Crippen LogP contribution is 2.18. The maximum absolute atomic E-state index is 9.94. The third kappa shape index (κ3) is 3.08. The Morgan fingerprint density at radius 3 is 2.69 bits per heavy atom. The summed E-state index contributed by atoms with van der Waals surface area (Å²) in [5.74, 6) is 0. The fraction of sp³-hybridized carbons (Fsp3) is 0.231. The Kier molecular flexibility index (Phi) is 3.99. The van der Waals surface area contributed by atoms with Crippen molar-refractivity contribution in [2.45, 2.75) is 18.9 Å². The van der Waals surface area contributed by atoms with Crippen LogP contribution in [0.3, 0.4) is 0 Å². The molecule has 1 aromatic carbocycles. The Balaban J connectivity index is 1.97. The largest absolute Gasteiger partial charge is 0.392 e. The molecule has 0 fully saturated rings. The molecular weight excluding hydrogens is 240 g/mol. The van der Waals surface area contributed by atoms with Crippen LogP contribution in [0.2, 0.25) is 5.02 Å². The fourth-order valence-corrected chi connectivity index (χ4v) is 2.57. The van der Waals surface area contributed by atoms with Gasteiger partial charge in [-0.25, -0.2) is 0 Å². The first-order valence-electron chi connectivity index (χ1n) is 5.18. The van der Waals surface area contributed by atoms with Crippen molar-refractivity contribution in [3.05, 3.63) is 57.2 Å². The summed E-state index contributed by atoms with van der Waals surface area (Å²) in [5, 5.41) is 14.8. The SMILES string of the molecule is OC(Cc1ccsc1)Cc1ccccc1Cl. The van der Waals surface area contributed by atoms with Gasteiger partial charge in [0, 0.05) is 11.4 Å². The summed E-state index contributed by atoms with van der Waals surface area (Å²) < 4.78 is 0. The van der Waals surface area contributed by atoms with Gasteiger partial charge in [-0.2, -0.15) is 11.3 Å². The second kappa shape index (κ2) is 5.48. The summed E-state index contributed by atoms with van der Waals surface area (Å²) in [5.41, 5.74) is 2.19. The first-order chi connectivity index (χ1) is 7.75. The molecule has 2 aromatic rings. The molecule has 1 unspecified atom stereocenters. The van der Waals surface area contributed by atoms with Crippen molar-refractivity contribution in [1.29, 1.82) is 0 Å². The van der Waals surface area contributed by atoms with Crippen molar-refractivity contribution in [2.24, 2.45) is 0 Å². The van der Waals surface area contributed by atoms with Crippen LogP contribution < -0.4 is 0 Å². The van der Waals surface area contributed by atoms with Gasteiger partial charge in [0.15, 0.2) is 0 Å². The topological polar surface area (TPSA) is 20.2 Å². The minimum absolute atomic E-state index is 0.366. The van der Waals surface area contributed by atoms with Gasteiger partial charge in [0.1, 0.15) is 0 Å². The summed E-state index contributed by atoms with van der Waals surface area (Å²) in [4.78, 5) is 0. The zero-order chi connectivity index (χ0) is 11.4. The van der Waals surface area contributed by atoms with Crippen molar-refractivity contribution in [2.75, 3.05) is 0 Å². The third-order valence-corrected chi connectivity index (χ3v) is 3.57. The lowest BCUT2D eigenvalue weighted by atomic mass is 10.0. The number of hydrogen-bond acceptors (Lipinski definition) is 2. The second-order valence-corrected chi connectivity index (χ2v) is 4.97. The number of hydrogen-bond donors (Lipinski definition) is 1. The van der Waals surface area contributed by atoms with Crippen LogP contribution in [0.25, 0.3) is 0 Å². The molecule has 0 aliphatic carbocycles. The molecule has 0 saturated carbocycles. The number of aliphatic hydroxyl groups is 1. The van der Waals surface area contributed by atoms with Gasteiger partial charge in [0.2, 0.25) is 0 Å². The molecule has 3 heteroatoms. The number of benzene rings is 1. The highest BCUT2D eigenvalue weighted by molar-refractivity contribution is 7.07. The monoisotopic (exact) mass is 252 g/mol. The predicted octanol–water partition coefficient (Wildman–Crippen LogP) is 3.55. The normalized spacial score (nSPS) is 12.6. The first kappa shape index (κ1) is 11.6. The third-order valence-electron chi connectivity index (χ3n) is 2.46. The molecule has 0 bridgehead atoms. The lowest BCUT2D eigenvalue weighted by Gasteiger charge is -2.10. The van der Waals surface area contributed by atoms with Crippen LogP contribution in [0.5, 0.6) is 0 Å². The summed E-state index contributed by atoms with van der Waals surface area (Å²) in [6.07, 6.45) is 0.930. The van der Waals surface area contributed by atoms with E-state index in [0.717, 1.165) is 10.6 Å². The molecule has 0 aliphatic heterocycles. The lowest BCUT2D eigenvalue weighted by Crippen LogP contribution is -2.13. The van der Waals surface area contributed by atoms with Gasteiger partial charge in [-0.05, 0) is 40.4 Å². The molecule has 1 nitrogen and oxygen atoms in total. The molecule has 1 aromatic heterocycles. The fourth-order valence-electron chi connectivity index (χ4n) is 1.67. The van der Waals surface area contributed by atoms with E-state index in [0.29, 0.717) is 12.8 Å². The van der Waals surface area contributed by atoms with E-state index in [1.807, 2.05) is 35.7 Å². The summed E-state index contributed by atoms with van der Waals surface area (Å²) in [6, 6.07) is 9.70. The Labute approximate surface area is 104 Å². The van der Waals surface area contributed by atoms with Crippen molar-refractivity contribution < 1.29 is 5.11 Å². The van der Waals surface area contributed by atoms with E-state index in [4.69, 9.17) is 11.6 Å². The van der Waals surface area contributed by atoms with Gasteiger partial charge >= 0.3 is 0 Å². The quantitative estimate of drug-likeness (QED) is 0.882. The Hall–Kier alpha value is -0.830. The van der Waals surface area contributed by atoms with E-state index in [-0.39, 0.29) is 6.10 Å². The molecule has 84 valence electrons. The molecule has 1 N–H and O–H groups in total. The van der Waals surface area contributed by atoms with Gasteiger partial charge in [-0.1, -0.05) is 29.8 Å².